The average Bonchev–Trinajstić information content (AvgIpc) is 2.88. The van der Waals surface area contributed by atoms with Gasteiger partial charge in [-0.15, -0.1) is 11.8 Å². The first-order valence-corrected chi connectivity index (χ1v) is 7.07. The Morgan fingerprint density at radius 1 is 1.20 bits per heavy atom. The van der Waals surface area contributed by atoms with E-state index in [4.69, 9.17) is 0 Å². The molecule has 0 spiro atoms. The predicted molar refractivity (Wildman–Crippen MR) is 79.7 cm³/mol. The second-order valence-corrected chi connectivity index (χ2v) is 5.17. The van der Waals surface area contributed by atoms with Gasteiger partial charge in [-0.2, -0.15) is 0 Å². The standard InChI is InChI=1S/C14H12N4OS/c19-13(9-20-10-5-7-15-8-6-10)18-14-16-11-3-1-2-4-12(11)17-14/h1-8H,9H2,(H2,16,17,18,19). The summed E-state index contributed by atoms with van der Waals surface area (Å²) in [5.41, 5.74) is 1.74. The van der Waals surface area contributed by atoms with Crippen LogP contribution in [0.1, 0.15) is 0 Å². The van der Waals surface area contributed by atoms with E-state index in [1.54, 1.807) is 12.4 Å². The molecule has 0 aliphatic carbocycles. The van der Waals surface area contributed by atoms with Gasteiger partial charge >= 0.3 is 0 Å². The second kappa shape index (κ2) is 5.75. The number of carbonyl (C=O) groups is 1. The number of hydrogen-bond donors (Lipinski definition) is 2. The van der Waals surface area contributed by atoms with Crippen LogP contribution >= 0.6 is 11.8 Å². The number of imidazole rings is 1. The number of anilines is 1. The molecule has 0 bridgehead atoms. The predicted octanol–water partition coefficient (Wildman–Crippen LogP) is 2.69. The van der Waals surface area contributed by atoms with Crippen molar-refractivity contribution in [2.45, 2.75) is 4.90 Å². The number of para-hydroxylation sites is 2. The third kappa shape index (κ3) is 2.97. The highest BCUT2D eigenvalue weighted by Gasteiger charge is 2.07. The van der Waals surface area contributed by atoms with Crippen molar-refractivity contribution in [2.75, 3.05) is 11.1 Å². The van der Waals surface area contributed by atoms with Crippen molar-refractivity contribution >= 4 is 34.7 Å². The molecule has 0 radical (unpaired) electrons. The largest absolute Gasteiger partial charge is 0.324 e. The van der Waals surface area contributed by atoms with Gasteiger partial charge in [-0.25, -0.2) is 4.98 Å². The SMILES string of the molecule is O=C(CSc1ccncc1)Nc1nc2ccccc2[nH]1. The van der Waals surface area contributed by atoms with Crippen LogP contribution in [0.4, 0.5) is 5.95 Å². The highest BCUT2D eigenvalue weighted by Crippen LogP contribution is 2.17. The minimum Gasteiger partial charge on any atom is -0.324 e. The Kier molecular flexibility index (Phi) is 3.64. The van der Waals surface area contributed by atoms with Gasteiger partial charge in [-0.3, -0.25) is 15.1 Å². The molecule has 3 rings (SSSR count). The van der Waals surface area contributed by atoms with E-state index in [1.807, 2.05) is 36.4 Å². The molecule has 3 aromatic rings. The van der Waals surface area contributed by atoms with Gasteiger partial charge in [0, 0.05) is 17.3 Å². The monoisotopic (exact) mass is 284 g/mol. The molecule has 1 amide bonds. The van der Waals surface area contributed by atoms with Gasteiger partial charge < -0.3 is 4.98 Å². The molecule has 0 saturated carbocycles. The van der Waals surface area contributed by atoms with Gasteiger partial charge in [0.2, 0.25) is 11.9 Å². The van der Waals surface area contributed by atoms with Gasteiger partial charge in [0.05, 0.1) is 16.8 Å². The Bertz CT molecular complexity index is 693. The number of hydrogen-bond acceptors (Lipinski definition) is 4. The zero-order valence-electron chi connectivity index (χ0n) is 10.5. The number of fused-ring (bicyclic) bond motifs is 1. The molecule has 2 heterocycles. The number of amides is 1. The first kappa shape index (κ1) is 12.7. The first-order valence-electron chi connectivity index (χ1n) is 6.09. The van der Waals surface area contributed by atoms with Crippen molar-refractivity contribution < 1.29 is 4.79 Å². The Hall–Kier alpha value is -2.34. The number of pyridine rings is 1. The quantitative estimate of drug-likeness (QED) is 0.723. The fourth-order valence-corrected chi connectivity index (χ4v) is 2.45. The summed E-state index contributed by atoms with van der Waals surface area (Å²) in [4.78, 5) is 24.2. The summed E-state index contributed by atoms with van der Waals surface area (Å²) in [7, 11) is 0. The number of aromatic nitrogens is 3. The molecular formula is C14H12N4OS. The molecule has 0 aliphatic rings. The zero-order chi connectivity index (χ0) is 13.8. The van der Waals surface area contributed by atoms with E-state index in [-0.39, 0.29) is 5.91 Å². The Morgan fingerprint density at radius 3 is 2.80 bits per heavy atom. The number of aromatic amines is 1. The number of carbonyl (C=O) groups excluding carboxylic acids is 1. The van der Waals surface area contributed by atoms with Gasteiger partial charge in [0.1, 0.15) is 0 Å². The van der Waals surface area contributed by atoms with Crippen molar-refractivity contribution in [1.82, 2.24) is 15.0 Å². The van der Waals surface area contributed by atoms with E-state index >= 15 is 0 Å². The average molecular weight is 284 g/mol. The van der Waals surface area contributed by atoms with Crippen molar-refractivity contribution in [3.63, 3.8) is 0 Å². The lowest BCUT2D eigenvalue weighted by molar-refractivity contribution is -0.113. The van der Waals surface area contributed by atoms with Gasteiger partial charge in [-0.1, -0.05) is 12.1 Å². The molecule has 100 valence electrons. The maximum Gasteiger partial charge on any atom is 0.237 e. The summed E-state index contributed by atoms with van der Waals surface area (Å²) in [6.07, 6.45) is 3.42. The number of rotatable bonds is 4. The van der Waals surface area contributed by atoms with E-state index < -0.39 is 0 Å². The lowest BCUT2D eigenvalue weighted by Crippen LogP contribution is -2.14. The maximum absolute atomic E-state index is 11.9. The second-order valence-electron chi connectivity index (χ2n) is 4.12. The Morgan fingerprint density at radius 2 is 2.00 bits per heavy atom. The summed E-state index contributed by atoms with van der Waals surface area (Å²) in [6.45, 7) is 0. The molecule has 2 N–H and O–H groups in total. The number of nitrogens with zero attached hydrogens (tertiary/aromatic N) is 2. The molecule has 5 nitrogen and oxygen atoms in total. The fourth-order valence-electron chi connectivity index (χ4n) is 1.76. The molecule has 0 atom stereocenters. The van der Waals surface area contributed by atoms with Crippen LogP contribution in [0.3, 0.4) is 0 Å². The molecular weight excluding hydrogens is 272 g/mol. The summed E-state index contributed by atoms with van der Waals surface area (Å²) < 4.78 is 0. The van der Waals surface area contributed by atoms with Gasteiger partial charge in [-0.05, 0) is 24.3 Å². The number of thioether (sulfide) groups is 1. The number of H-pyrrole nitrogens is 1. The van der Waals surface area contributed by atoms with Crippen LogP contribution in [-0.4, -0.2) is 26.6 Å². The van der Waals surface area contributed by atoms with Crippen LogP contribution in [-0.2, 0) is 4.79 Å². The van der Waals surface area contributed by atoms with Crippen molar-refractivity contribution in [2.24, 2.45) is 0 Å². The lowest BCUT2D eigenvalue weighted by Gasteiger charge is -2.01. The molecule has 1 aromatic carbocycles. The normalized spacial score (nSPS) is 10.6. The fraction of sp³-hybridized carbons (Fsp3) is 0.0714. The minimum absolute atomic E-state index is 0.0918. The molecule has 6 heteroatoms. The van der Waals surface area contributed by atoms with E-state index in [0.29, 0.717) is 11.7 Å². The van der Waals surface area contributed by atoms with Crippen molar-refractivity contribution in [1.29, 1.82) is 0 Å². The number of nitrogens with one attached hydrogen (secondary N) is 2. The van der Waals surface area contributed by atoms with E-state index in [0.717, 1.165) is 15.9 Å². The Balaban J connectivity index is 1.61. The highest BCUT2D eigenvalue weighted by atomic mass is 32.2. The third-order valence-corrected chi connectivity index (χ3v) is 3.68. The van der Waals surface area contributed by atoms with Gasteiger partial charge in [0.15, 0.2) is 0 Å². The van der Waals surface area contributed by atoms with Crippen LogP contribution < -0.4 is 5.32 Å². The molecule has 0 fully saturated rings. The third-order valence-electron chi connectivity index (χ3n) is 2.67. The summed E-state index contributed by atoms with van der Waals surface area (Å²) in [5.74, 6) is 0.721. The molecule has 0 unspecified atom stereocenters. The number of benzene rings is 1. The van der Waals surface area contributed by atoms with Crippen LogP contribution in [0.15, 0.2) is 53.7 Å². The Labute approximate surface area is 119 Å². The zero-order valence-corrected chi connectivity index (χ0v) is 11.4. The topological polar surface area (TPSA) is 70.7 Å². The smallest absolute Gasteiger partial charge is 0.237 e. The maximum atomic E-state index is 11.9. The lowest BCUT2D eigenvalue weighted by atomic mass is 10.3. The molecule has 2 aromatic heterocycles. The van der Waals surface area contributed by atoms with Crippen LogP contribution in [0, 0.1) is 0 Å². The minimum atomic E-state index is -0.0918. The van der Waals surface area contributed by atoms with E-state index in [1.165, 1.54) is 11.8 Å². The van der Waals surface area contributed by atoms with Crippen LogP contribution in [0.25, 0.3) is 11.0 Å². The van der Waals surface area contributed by atoms with Gasteiger partial charge in [0.25, 0.3) is 0 Å². The first-order chi connectivity index (χ1) is 9.81. The molecule has 20 heavy (non-hydrogen) atoms. The van der Waals surface area contributed by atoms with Crippen LogP contribution in [0.2, 0.25) is 0 Å². The van der Waals surface area contributed by atoms with E-state index in [9.17, 15) is 4.79 Å². The van der Waals surface area contributed by atoms with Crippen molar-refractivity contribution in [3.05, 3.63) is 48.8 Å². The summed E-state index contributed by atoms with van der Waals surface area (Å²) >= 11 is 1.46. The molecule has 0 saturated heterocycles. The highest BCUT2D eigenvalue weighted by molar-refractivity contribution is 8.00. The van der Waals surface area contributed by atoms with Crippen molar-refractivity contribution in [3.8, 4) is 0 Å². The molecule has 0 aliphatic heterocycles. The van der Waals surface area contributed by atoms with E-state index in [2.05, 4.69) is 20.3 Å². The summed E-state index contributed by atoms with van der Waals surface area (Å²) in [5, 5.41) is 2.76. The van der Waals surface area contributed by atoms with Crippen LogP contribution in [0.5, 0.6) is 0 Å². The summed E-state index contributed by atoms with van der Waals surface area (Å²) in [6, 6.07) is 11.4.